The van der Waals surface area contributed by atoms with Gasteiger partial charge in [0, 0.05) is 6.42 Å². The van der Waals surface area contributed by atoms with Gasteiger partial charge in [-0.2, -0.15) is 0 Å². The average Bonchev–Trinajstić information content (AvgIpc) is 2.53. The molecule has 116 valence electrons. The minimum Gasteiger partial charge on any atom is -0.465 e. The highest BCUT2D eigenvalue weighted by Crippen LogP contribution is 2.26. The van der Waals surface area contributed by atoms with Gasteiger partial charge in [0.1, 0.15) is 6.29 Å². The van der Waals surface area contributed by atoms with Gasteiger partial charge >= 0.3 is 5.97 Å². The summed E-state index contributed by atoms with van der Waals surface area (Å²) in [5.41, 5.74) is 1.61. The van der Waals surface area contributed by atoms with Gasteiger partial charge in [0.05, 0.1) is 12.7 Å². The zero-order valence-corrected chi connectivity index (χ0v) is 13.1. The highest BCUT2D eigenvalue weighted by Gasteiger charge is 2.13. The summed E-state index contributed by atoms with van der Waals surface area (Å²) < 4.78 is 4.75. The zero-order valence-electron chi connectivity index (χ0n) is 13.1. The van der Waals surface area contributed by atoms with E-state index in [9.17, 15) is 9.59 Å². The SMILES string of the molecule is CCCCCCCC(CC=O)c1cccc(C(=O)OC)c1. The van der Waals surface area contributed by atoms with E-state index >= 15 is 0 Å². The normalized spacial score (nSPS) is 11.9. The Labute approximate surface area is 127 Å². The second-order valence-corrected chi connectivity index (χ2v) is 5.42. The van der Waals surface area contributed by atoms with Crippen molar-refractivity contribution in [3.63, 3.8) is 0 Å². The molecule has 0 bridgehead atoms. The van der Waals surface area contributed by atoms with Crippen LogP contribution < -0.4 is 0 Å². The van der Waals surface area contributed by atoms with Gasteiger partial charge < -0.3 is 9.53 Å². The van der Waals surface area contributed by atoms with Crippen LogP contribution in [0.5, 0.6) is 0 Å². The second-order valence-electron chi connectivity index (χ2n) is 5.42. The van der Waals surface area contributed by atoms with Crippen LogP contribution in [0.4, 0.5) is 0 Å². The number of methoxy groups -OCH3 is 1. The minimum absolute atomic E-state index is 0.203. The van der Waals surface area contributed by atoms with E-state index in [2.05, 4.69) is 6.92 Å². The minimum atomic E-state index is -0.329. The molecule has 0 aliphatic rings. The van der Waals surface area contributed by atoms with Crippen molar-refractivity contribution in [3.8, 4) is 0 Å². The van der Waals surface area contributed by atoms with Crippen molar-refractivity contribution in [3.05, 3.63) is 35.4 Å². The third-order valence-corrected chi connectivity index (χ3v) is 3.82. The Bertz CT molecular complexity index is 440. The third kappa shape index (κ3) is 6.11. The fourth-order valence-electron chi connectivity index (χ4n) is 2.57. The molecule has 0 saturated heterocycles. The van der Waals surface area contributed by atoms with Gasteiger partial charge in [-0.3, -0.25) is 0 Å². The monoisotopic (exact) mass is 290 g/mol. The van der Waals surface area contributed by atoms with E-state index in [0.717, 1.165) is 24.7 Å². The first kappa shape index (κ1) is 17.4. The van der Waals surface area contributed by atoms with Crippen LogP contribution in [-0.4, -0.2) is 19.4 Å². The van der Waals surface area contributed by atoms with Crippen LogP contribution in [0.15, 0.2) is 24.3 Å². The smallest absolute Gasteiger partial charge is 0.337 e. The van der Waals surface area contributed by atoms with Crippen molar-refractivity contribution in [2.75, 3.05) is 7.11 Å². The molecule has 1 unspecified atom stereocenters. The Morgan fingerprint density at radius 2 is 2.00 bits per heavy atom. The number of rotatable bonds is 10. The molecule has 0 saturated carbocycles. The summed E-state index contributed by atoms with van der Waals surface area (Å²) in [5, 5.41) is 0. The molecule has 1 aromatic carbocycles. The van der Waals surface area contributed by atoms with Crippen LogP contribution in [-0.2, 0) is 9.53 Å². The van der Waals surface area contributed by atoms with Crippen LogP contribution in [0.25, 0.3) is 0 Å². The maximum Gasteiger partial charge on any atom is 0.337 e. The number of aldehydes is 1. The standard InChI is InChI=1S/C18H26O3/c1-3-4-5-6-7-9-15(12-13-19)16-10-8-11-17(14-16)18(20)21-2/h8,10-11,13-15H,3-7,9,12H2,1-2H3. The maximum absolute atomic E-state index is 11.6. The molecule has 1 aromatic rings. The molecule has 0 heterocycles. The molecule has 3 nitrogen and oxygen atoms in total. The maximum atomic E-state index is 11.6. The van der Waals surface area contributed by atoms with Crippen molar-refractivity contribution < 1.29 is 14.3 Å². The number of esters is 1. The molecule has 0 aliphatic heterocycles. The van der Waals surface area contributed by atoms with Crippen LogP contribution in [0, 0.1) is 0 Å². The van der Waals surface area contributed by atoms with E-state index in [1.807, 2.05) is 18.2 Å². The Kier molecular flexibility index (Phi) is 8.41. The lowest BCUT2D eigenvalue weighted by Crippen LogP contribution is -2.05. The number of ether oxygens (including phenoxy) is 1. The second kappa shape index (κ2) is 10.1. The molecule has 1 atom stereocenters. The highest BCUT2D eigenvalue weighted by atomic mass is 16.5. The van der Waals surface area contributed by atoms with Gasteiger partial charge in [-0.05, 0) is 30.0 Å². The van der Waals surface area contributed by atoms with E-state index in [0.29, 0.717) is 12.0 Å². The Balaban J connectivity index is 2.66. The molecule has 0 amide bonds. The van der Waals surface area contributed by atoms with Gasteiger partial charge in [0.2, 0.25) is 0 Å². The van der Waals surface area contributed by atoms with E-state index in [1.54, 1.807) is 6.07 Å². The summed E-state index contributed by atoms with van der Waals surface area (Å²) in [6.07, 6.45) is 8.58. The van der Waals surface area contributed by atoms with Gasteiger partial charge in [-0.1, -0.05) is 51.2 Å². The fraction of sp³-hybridized carbons (Fsp3) is 0.556. The highest BCUT2D eigenvalue weighted by molar-refractivity contribution is 5.89. The molecule has 0 aliphatic carbocycles. The van der Waals surface area contributed by atoms with Gasteiger partial charge in [-0.15, -0.1) is 0 Å². The van der Waals surface area contributed by atoms with Crippen molar-refractivity contribution in [1.29, 1.82) is 0 Å². The molecule has 3 heteroatoms. The first-order valence-electron chi connectivity index (χ1n) is 7.84. The molecule has 1 rings (SSSR count). The number of carbonyl (C=O) groups is 2. The summed E-state index contributed by atoms with van der Waals surface area (Å²) in [7, 11) is 1.38. The fourth-order valence-corrected chi connectivity index (χ4v) is 2.57. The molecule has 0 aromatic heterocycles. The zero-order chi connectivity index (χ0) is 15.5. The van der Waals surface area contributed by atoms with Crippen molar-refractivity contribution >= 4 is 12.3 Å². The first-order valence-corrected chi connectivity index (χ1v) is 7.84. The number of benzene rings is 1. The van der Waals surface area contributed by atoms with Crippen LogP contribution in [0.1, 0.15) is 73.7 Å². The predicted octanol–water partition coefficient (Wildman–Crippen LogP) is 4.51. The average molecular weight is 290 g/mol. The van der Waals surface area contributed by atoms with Crippen LogP contribution in [0.3, 0.4) is 0 Å². The lowest BCUT2D eigenvalue weighted by Gasteiger charge is -2.15. The number of unbranched alkanes of at least 4 members (excludes halogenated alkanes) is 4. The van der Waals surface area contributed by atoms with Crippen LogP contribution >= 0.6 is 0 Å². The number of carbonyl (C=O) groups excluding carboxylic acids is 2. The molecule has 0 radical (unpaired) electrons. The summed E-state index contributed by atoms with van der Waals surface area (Å²) >= 11 is 0. The molecule has 21 heavy (non-hydrogen) atoms. The van der Waals surface area contributed by atoms with Crippen molar-refractivity contribution in [2.45, 2.75) is 57.8 Å². The third-order valence-electron chi connectivity index (χ3n) is 3.82. The largest absolute Gasteiger partial charge is 0.465 e. The Morgan fingerprint density at radius 1 is 1.24 bits per heavy atom. The summed E-state index contributed by atoms with van der Waals surface area (Å²) in [6, 6.07) is 7.45. The van der Waals surface area contributed by atoms with E-state index in [1.165, 1.54) is 32.8 Å². The molecular weight excluding hydrogens is 264 g/mol. The van der Waals surface area contributed by atoms with Crippen LogP contribution in [0.2, 0.25) is 0 Å². The summed E-state index contributed by atoms with van der Waals surface area (Å²) in [5.74, 6) is -0.126. The van der Waals surface area contributed by atoms with Gasteiger partial charge in [0.25, 0.3) is 0 Å². The Hall–Kier alpha value is -1.64. The van der Waals surface area contributed by atoms with Gasteiger partial charge in [0.15, 0.2) is 0 Å². The summed E-state index contributed by atoms with van der Waals surface area (Å²) in [6.45, 7) is 2.20. The lowest BCUT2D eigenvalue weighted by atomic mass is 9.89. The summed E-state index contributed by atoms with van der Waals surface area (Å²) in [4.78, 5) is 22.5. The molecule has 0 fully saturated rings. The Morgan fingerprint density at radius 3 is 2.67 bits per heavy atom. The number of hydrogen-bond donors (Lipinski definition) is 0. The van der Waals surface area contributed by atoms with E-state index in [4.69, 9.17) is 4.74 Å². The van der Waals surface area contributed by atoms with Crippen molar-refractivity contribution in [1.82, 2.24) is 0 Å². The molecular formula is C18H26O3. The quantitative estimate of drug-likeness (QED) is 0.362. The van der Waals surface area contributed by atoms with Crippen molar-refractivity contribution in [2.24, 2.45) is 0 Å². The number of hydrogen-bond acceptors (Lipinski definition) is 3. The van der Waals surface area contributed by atoms with Gasteiger partial charge in [-0.25, -0.2) is 4.79 Å². The topological polar surface area (TPSA) is 43.4 Å². The lowest BCUT2D eigenvalue weighted by molar-refractivity contribution is -0.108. The van der Waals surface area contributed by atoms with E-state index in [-0.39, 0.29) is 11.9 Å². The molecule has 0 N–H and O–H groups in total. The first-order chi connectivity index (χ1) is 10.2. The molecule has 0 spiro atoms. The van der Waals surface area contributed by atoms with E-state index < -0.39 is 0 Å². The predicted molar refractivity (Wildman–Crippen MR) is 84.6 cm³/mol.